The van der Waals surface area contributed by atoms with E-state index < -0.39 is 16.1 Å². The lowest BCUT2D eigenvalue weighted by Crippen LogP contribution is -2.44. The molecule has 0 bridgehead atoms. The lowest BCUT2D eigenvalue weighted by atomic mass is 10.3. The molecule has 0 aliphatic carbocycles. The molecule has 0 spiro atoms. The van der Waals surface area contributed by atoms with Gasteiger partial charge >= 0.3 is 10.2 Å². The molecule has 0 unspecified atom stereocenters. The number of nitrogens with zero attached hydrogens (tertiary/aromatic N) is 2. The highest BCUT2D eigenvalue weighted by atomic mass is 35.5. The summed E-state index contributed by atoms with van der Waals surface area (Å²) in [7, 11) is -4.33. The van der Waals surface area contributed by atoms with Gasteiger partial charge in [-0.2, -0.15) is 16.5 Å². The van der Waals surface area contributed by atoms with Crippen molar-refractivity contribution in [3.63, 3.8) is 0 Å². The molecule has 5 nitrogen and oxygen atoms in total. The highest BCUT2D eigenvalue weighted by Crippen LogP contribution is 2.27. The summed E-state index contributed by atoms with van der Waals surface area (Å²) in [5.41, 5.74) is 0.488. The lowest BCUT2D eigenvalue weighted by Gasteiger charge is -2.26. The van der Waals surface area contributed by atoms with Gasteiger partial charge in [-0.25, -0.2) is 0 Å². The van der Waals surface area contributed by atoms with E-state index in [1.165, 1.54) is 31.2 Å². The predicted molar refractivity (Wildman–Crippen MR) is 92.4 cm³/mol. The summed E-state index contributed by atoms with van der Waals surface area (Å²) in [6, 6.07) is 16.1. The molecule has 0 heterocycles. The maximum absolute atomic E-state index is 12.8. The van der Waals surface area contributed by atoms with E-state index in [2.05, 4.69) is 6.58 Å². The number of carbonyl (C=O) groups is 1. The van der Waals surface area contributed by atoms with Crippen molar-refractivity contribution in [1.82, 2.24) is 0 Å². The molecule has 2 aromatic carbocycles. The Labute approximate surface area is 140 Å². The first-order chi connectivity index (χ1) is 10.9. The fourth-order valence-corrected chi connectivity index (χ4v) is 3.42. The molecule has 120 valence electrons. The average Bonchev–Trinajstić information content (AvgIpc) is 2.55. The van der Waals surface area contributed by atoms with Crippen LogP contribution < -0.4 is 8.13 Å². The van der Waals surface area contributed by atoms with Crippen molar-refractivity contribution in [3.05, 3.63) is 72.8 Å². The third-order valence-electron chi connectivity index (χ3n) is 2.93. The quantitative estimate of drug-likeness (QED) is 0.612. The number of benzene rings is 2. The van der Waals surface area contributed by atoms with Crippen molar-refractivity contribution >= 4 is 39.3 Å². The average molecular weight is 351 g/mol. The molecule has 7 heteroatoms. The van der Waals surface area contributed by atoms with Crippen LogP contribution in [0.1, 0.15) is 6.92 Å². The van der Waals surface area contributed by atoms with Gasteiger partial charge in [0, 0.05) is 17.3 Å². The van der Waals surface area contributed by atoms with Crippen LogP contribution in [0, 0.1) is 0 Å². The first-order valence-electron chi connectivity index (χ1n) is 6.67. The zero-order chi connectivity index (χ0) is 17.0. The number of anilines is 2. The summed E-state index contributed by atoms with van der Waals surface area (Å²) in [6.45, 7) is 4.97. The van der Waals surface area contributed by atoms with E-state index in [-0.39, 0.29) is 16.9 Å². The smallest absolute Gasteiger partial charge is 0.268 e. The largest absolute Gasteiger partial charge is 0.347 e. The van der Waals surface area contributed by atoms with E-state index in [9.17, 15) is 13.2 Å². The van der Waals surface area contributed by atoms with Crippen LogP contribution in [0.3, 0.4) is 0 Å². The maximum atomic E-state index is 12.8. The molecule has 0 radical (unpaired) electrons. The van der Waals surface area contributed by atoms with Crippen molar-refractivity contribution in [2.75, 3.05) is 8.13 Å². The molecule has 23 heavy (non-hydrogen) atoms. The number of para-hydroxylation sites is 2. The molecule has 0 N–H and O–H groups in total. The van der Waals surface area contributed by atoms with Gasteiger partial charge in [-0.3, -0.25) is 4.79 Å². The van der Waals surface area contributed by atoms with Gasteiger partial charge in [0.2, 0.25) is 0 Å². The zero-order valence-corrected chi connectivity index (χ0v) is 14.0. The monoisotopic (exact) mass is 350 g/mol. The Kier molecular flexibility index (Phi) is 5.08. The minimum atomic E-state index is -4.33. The Hall–Kier alpha value is -2.31. The highest BCUT2D eigenvalue weighted by Gasteiger charge is 2.34. The van der Waals surface area contributed by atoms with Crippen LogP contribution in [0.2, 0.25) is 0 Å². The number of hydrogen-bond donors (Lipinski definition) is 0. The maximum Gasteiger partial charge on any atom is 0.347 e. The SMILES string of the molecule is C=C(C)C(=O)N(c1ccccc1)S(=O)(=O)N(Cl)c1ccccc1. The van der Waals surface area contributed by atoms with E-state index in [4.69, 9.17) is 11.8 Å². The standard InChI is InChI=1S/C16H15ClN2O3S/c1-13(2)16(20)18(14-9-5-3-6-10-14)23(21,22)19(17)15-11-7-4-8-12-15/h3-12H,1H2,2H3. The fraction of sp³-hybridized carbons (Fsp3) is 0.0625. The summed E-state index contributed by atoms with van der Waals surface area (Å²) in [5, 5.41) is 0. The van der Waals surface area contributed by atoms with Crippen LogP contribution in [0.4, 0.5) is 11.4 Å². The highest BCUT2D eigenvalue weighted by molar-refractivity contribution is 7.96. The Bertz CT molecular complexity index is 808. The van der Waals surface area contributed by atoms with Crippen LogP contribution in [0.25, 0.3) is 0 Å². The molecule has 0 aromatic heterocycles. The lowest BCUT2D eigenvalue weighted by molar-refractivity contribution is -0.113. The van der Waals surface area contributed by atoms with Crippen LogP contribution in [0.15, 0.2) is 72.8 Å². The minimum absolute atomic E-state index is 0.0792. The van der Waals surface area contributed by atoms with Crippen molar-refractivity contribution < 1.29 is 13.2 Å². The van der Waals surface area contributed by atoms with Gasteiger partial charge in [-0.05, 0) is 31.2 Å². The van der Waals surface area contributed by atoms with Crippen molar-refractivity contribution in [2.24, 2.45) is 0 Å². The molecule has 0 saturated carbocycles. The number of amides is 1. The van der Waals surface area contributed by atoms with Crippen LogP contribution in [-0.2, 0) is 15.0 Å². The Morgan fingerprint density at radius 1 is 0.957 bits per heavy atom. The second-order valence-corrected chi connectivity index (χ2v) is 6.91. The third-order valence-corrected chi connectivity index (χ3v) is 5.11. The molecule has 0 saturated heterocycles. The summed E-state index contributed by atoms with van der Waals surface area (Å²) in [6.07, 6.45) is 0. The summed E-state index contributed by atoms with van der Waals surface area (Å²) in [5.74, 6) is -0.752. The number of halogens is 1. The second kappa shape index (κ2) is 6.85. The van der Waals surface area contributed by atoms with Gasteiger partial charge in [-0.1, -0.05) is 43.0 Å². The van der Waals surface area contributed by atoms with Gasteiger partial charge in [0.05, 0.1) is 11.4 Å². The van der Waals surface area contributed by atoms with Crippen molar-refractivity contribution in [1.29, 1.82) is 0 Å². The van der Waals surface area contributed by atoms with Crippen LogP contribution in [-0.4, -0.2) is 14.3 Å². The molecule has 0 atom stereocenters. The van der Waals surface area contributed by atoms with Gasteiger partial charge in [0.25, 0.3) is 5.91 Å². The fourth-order valence-electron chi connectivity index (χ4n) is 1.84. The van der Waals surface area contributed by atoms with Crippen molar-refractivity contribution in [3.8, 4) is 0 Å². The van der Waals surface area contributed by atoms with E-state index >= 15 is 0 Å². The summed E-state index contributed by atoms with van der Waals surface area (Å²) in [4.78, 5) is 12.4. The van der Waals surface area contributed by atoms with Gasteiger partial charge in [0.1, 0.15) is 0 Å². The number of rotatable bonds is 5. The first-order valence-corrected chi connectivity index (χ1v) is 8.40. The molecule has 0 aliphatic rings. The Morgan fingerprint density at radius 2 is 1.39 bits per heavy atom. The number of hydrogen-bond acceptors (Lipinski definition) is 3. The molecule has 1 amide bonds. The van der Waals surface area contributed by atoms with Gasteiger partial charge in [-0.15, -0.1) is 0 Å². The molecular weight excluding hydrogens is 336 g/mol. The summed E-state index contributed by atoms with van der Waals surface area (Å²) < 4.78 is 26.8. The number of carbonyl (C=O) groups excluding carboxylic acids is 1. The Morgan fingerprint density at radius 3 is 1.83 bits per heavy atom. The molecule has 2 rings (SSSR count). The molecule has 0 aliphatic heterocycles. The zero-order valence-electron chi connectivity index (χ0n) is 12.4. The van der Waals surface area contributed by atoms with Gasteiger partial charge < -0.3 is 0 Å². The molecular formula is C16H15ClN2O3S. The third kappa shape index (κ3) is 3.55. The van der Waals surface area contributed by atoms with E-state index in [0.717, 1.165) is 0 Å². The van der Waals surface area contributed by atoms with Crippen LogP contribution >= 0.6 is 11.8 Å². The normalized spacial score (nSPS) is 10.9. The second-order valence-electron chi connectivity index (χ2n) is 4.74. The molecule has 0 fully saturated rings. The topological polar surface area (TPSA) is 57.7 Å². The van der Waals surface area contributed by atoms with Gasteiger partial charge in [0.15, 0.2) is 0 Å². The van der Waals surface area contributed by atoms with E-state index in [1.54, 1.807) is 36.4 Å². The Balaban J connectivity index is 2.54. The van der Waals surface area contributed by atoms with Crippen LogP contribution in [0.5, 0.6) is 0 Å². The van der Waals surface area contributed by atoms with Crippen molar-refractivity contribution in [2.45, 2.75) is 6.92 Å². The first kappa shape index (κ1) is 17.1. The summed E-state index contributed by atoms with van der Waals surface area (Å²) >= 11 is 6.01. The predicted octanol–water partition coefficient (Wildman–Crippen LogP) is 3.50. The minimum Gasteiger partial charge on any atom is -0.268 e. The molecule has 2 aromatic rings. The van der Waals surface area contributed by atoms with E-state index in [0.29, 0.717) is 8.13 Å². The van der Waals surface area contributed by atoms with E-state index in [1.807, 2.05) is 0 Å².